The maximum Gasteiger partial charge on any atom is 0.265 e. The van der Waals surface area contributed by atoms with E-state index in [1.807, 2.05) is 0 Å². The topological polar surface area (TPSA) is 165 Å². The van der Waals surface area contributed by atoms with Crippen LogP contribution < -0.4 is 15.6 Å². The molecule has 3 aromatic heterocycles. The van der Waals surface area contributed by atoms with Crippen LogP contribution in [0.5, 0.6) is 0 Å². The minimum atomic E-state index is -3.89. The number of hydrogen-bond donors (Lipinski definition) is 3. The average molecular weight is 502 g/mol. The van der Waals surface area contributed by atoms with Crippen LogP contribution in [0, 0.1) is 13.8 Å². The Morgan fingerprint density at radius 3 is 2.76 bits per heavy atom. The molecular weight excluding hydrogens is 482 g/mol. The number of aryl methyl sites for hydroxylation is 1. The molecule has 14 heteroatoms. The maximum absolute atomic E-state index is 12.8. The van der Waals surface area contributed by atoms with E-state index in [1.165, 1.54) is 46.8 Å². The number of aromatic nitrogens is 5. The average Bonchev–Trinajstić information content (AvgIpc) is 3.50. The van der Waals surface area contributed by atoms with Gasteiger partial charge in [0.25, 0.3) is 15.6 Å². The molecule has 1 aliphatic rings. The van der Waals surface area contributed by atoms with Gasteiger partial charge in [-0.2, -0.15) is 5.10 Å². The molecule has 5 rings (SSSR count). The monoisotopic (exact) mass is 501 g/mol. The lowest BCUT2D eigenvalue weighted by Crippen LogP contribution is -2.27. The molecule has 12 nitrogen and oxygen atoms in total. The van der Waals surface area contributed by atoms with E-state index in [2.05, 4.69) is 30.4 Å². The van der Waals surface area contributed by atoms with Gasteiger partial charge in [-0.05, 0) is 38.1 Å². The zero-order valence-corrected chi connectivity index (χ0v) is 19.7. The van der Waals surface area contributed by atoms with Crippen molar-refractivity contribution in [2.24, 2.45) is 0 Å². The summed E-state index contributed by atoms with van der Waals surface area (Å²) in [6.45, 7) is 3.41. The van der Waals surface area contributed by atoms with Gasteiger partial charge in [0, 0.05) is 23.4 Å². The minimum Gasteiger partial charge on any atom is -0.337 e. The number of sulfonamides is 1. The third-order valence-corrected chi connectivity index (χ3v) is 7.95. The highest BCUT2D eigenvalue weighted by molar-refractivity contribution is 7.99. The van der Waals surface area contributed by atoms with Crippen LogP contribution in [0.15, 0.2) is 49.8 Å². The minimum absolute atomic E-state index is 0.00169. The lowest BCUT2D eigenvalue weighted by atomic mass is 10.2. The second kappa shape index (κ2) is 8.29. The maximum atomic E-state index is 12.8. The molecule has 1 amide bonds. The Morgan fingerprint density at radius 1 is 1.29 bits per heavy atom. The van der Waals surface area contributed by atoms with Gasteiger partial charge in [-0.1, -0.05) is 16.9 Å². The highest BCUT2D eigenvalue weighted by atomic mass is 32.2. The third kappa shape index (κ3) is 3.94. The number of amides is 1. The first-order valence-corrected chi connectivity index (χ1v) is 12.6. The summed E-state index contributed by atoms with van der Waals surface area (Å²) in [6, 6.07) is 5.38. The zero-order valence-electron chi connectivity index (χ0n) is 18.0. The van der Waals surface area contributed by atoms with Crippen LogP contribution in [-0.2, 0) is 14.8 Å². The van der Waals surface area contributed by atoms with E-state index in [0.717, 1.165) is 0 Å². The molecule has 0 fully saturated rings. The van der Waals surface area contributed by atoms with Crippen molar-refractivity contribution in [2.45, 2.75) is 36.4 Å². The van der Waals surface area contributed by atoms with Crippen molar-refractivity contribution in [3.63, 3.8) is 0 Å². The number of carbonyl (C=O) groups is 1. The van der Waals surface area contributed by atoms with Crippen LogP contribution >= 0.6 is 11.8 Å². The van der Waals surface area contributed by atoms with E-state index in [1.54, 1.807) is 13.8 Å². The largest absolute Gasteiger partial charge is 0.337 e. The standard InChI is InChI=1S/C20H19N7O5S2/c1-10-11(2)25-32-18(10)26-34(30,31)14-5-3-12(4-6-14)22-16(28)7-13-9-33-20-23-17-15(8-21-24-17)19(29)27(13)20/h3-6,8,13,26H,7,9H2,1-2H3,(H,21,24)(H,22,28). The lowest BCUT2D eigenvalue weighted by Gasteiger charge is -2.13. The van der Waals surface area contributed by atoms with Crippen molar-refractivity contribution < 1.29 is 17.7 Å². The molecule has 1 aromatic carbocycles. The van der Waals surface area contributed by atoms with Gasteiger partial charge in [0.1, 0.15) is 5.39 Å². The summed E-state index contributed by atoms with van der Waals surface area (Å²) >= 11 is 1.40. The summed E-state index contributed by atoms with van der Waals surface area (Å²) in [5.74, 6) is 0.292. The highest BCUT2D eigenvalue weighted by Crippen LogP contribution is 2.33. The van der Waals surface area contributed by atoms with Crippen molar-refractivity contribution in [1.29, 1.82) is 0 Å². The number of rotatable bonds is 6. The van der Waals surface area contributed by atoms with Gasteiger partial charge in [-0.25, -0.2) is 18.1 Å². The van der Waals surface area contributed by atoms with Gasteiger partial charge >= 0.3 is 0 Å². The summed E-state index contributed by atoms with van der Waals surface area (Å²) in [5.41, 5.74) is 1.80. The van der Waals surface area contributed by atoms with Crippen LogP contribution in [0.2, 0.25) is 0 Å². The Bertz CT molecular complexity index is 1570. The number of anilines is 2. The number of H-pyrrole nitrogens is 1. The molecule has 0 aliphatic carbocycles. The number of benzene rings is 1. The van der Waals surface area contributed by atoms with Gasteiger partial charge in [-0.15, -0.1) is 0 Å². The molecule has 0 saturated carbocycles. The van der Waals surface area contributed by atoms with Crippen molar-refractivity contribution in [2.75, 3.05) is 15.8 Å². The number of nitrogens with one attached hydrogen (secondary N) is 3. The van der Waals surface area contributed by atoms with Crippen LogP contribution in [0.25, 0.3) is 11.0 Å². The Balaban J connectivity index is 1.27. The van der Waals surface area contributed by atoms with Gasteiger partial charge in [0.15, 0.2) is 10.8 Å². The molecule has 176 valence electrons. The number of hydrogen-bond acceptors (Lipinski definition) is 9. The Kier molecular flexibility index (Phi) is 5.40. The first kappa shape index (κ1) is 22.2. The van der Waals surface area contributed by atoms with E-state index >= 15 is 0 Å². The van der Waals surface area contributed by atoms with E-state index in [9.17, 15) is 18.0 Å². The second-order valence-corrected chi connectivity index (χ2v) is 10.4. The number of carbonyl (C=O) groups excluding carboxylic acids is 1. The molecule has 4 heterocycles. The van der Waals surface area contributed by atoms with E-state index in [-0.39, 0.29) is 34.7 Å². The van der Waals surface area contributed by atoms with Crippen molar-refractivity contribution in [1.82, 2.24) is 24.9 Å². The highest BCUT2D eigenvalue weighted by Gasteiger charge is 2.29. The summed E-state index contributed by atoms with van der Waals surface area (Å²) in [6.07, 6.45) is 1.49. The zero-order chi connectivity index (χ0) is 24.0. The van der Waals surface area contributed by atoms with Crippen molar-refractivity contribution in [3.8, 4) is 0 Å². The van der Waals surface area contributed by atoms with Gasteiger partial charge in [0.2, 0.25) is 11.8 Å². The van der Waals surface area contributed by atoms with Crippen molar-refractivity contribution >= 4 is 50.3 Å². The smallest absolute Gasteiger partial charge is 0.265 e. The fourth-order valence-electron chi connectivity index (χ4n) is 3.54. The molecule has 0 spiro atoms. The van der Waals surface area contributed by atoms with Crippen molar-refractivity contribution in [3.05, 3.63) is 52.1 Å². The third-order valence-electron chi connectivity index (χ3n) is 5.51. The number of thioether (sulfide) groups is 1. The first-order valence-electron chi connectivity index (χ1n) is 10.2. The molecule has 1 atom stereocenters. The molecule has 34 heavy (non-hydrogen) atoms. The Labute approximate surface area is 197 Å². The fourth-order valence-corrected chi connectivity index (χ4v) is 5.72. The summed E-state index contributed by atoms with van der Waals surface area (Å²) in [4.78, 5) is 29.8. The SMILES string of the molecule is Cc1noc(NS(=O)(=O)c2ccc(NC(=O)CC3CSc4nc5[nH]ncc5c(=O)n43)cc2)c1C. The first-order chi connectivity index (χ1) is 16.2. The number of aromatic amines is 1. The predicted octanol–water partition coefficient (Wildman–Crippen LogP) is 2.20. The summed E-state index contributed by atoms with van der Waals surface area (Å²) in [7, 11) is -3.89. The van der Waals surface area contributed by atoms with Gasteiger partial charge in [0.05, 0.1) is 22.8 Å². The number of nitrogens with zero attached hydrogens (tertiary/aromatic N) is 4. The molecule has 1 aliphatic heterocycles. The van der Waals surface area contributed by atoms with E-state index in [0.29, 0.717) is 38.9 Å². The predicted molar refractivity (Wildman–Crippen MR) is 124 cm³/mol. The van der Waals surface area contributed by atoms with Gasteiger partial charge < -0.3 is 9.84 Å². The summed E-state index contributed by atoms with van der Waals surface area (Å²) < 4.78 is 34.1. The molecule has 0 saturated heterocycles. The van der Waals surface area contributed by atoms with Gasteiger partial charge in [-0.3, -0.25) is 19.3 Å². The van der Waals surface area contributed by atoms with Crippen LogP contribution in [-0.4, -0.2) is 45.0 Å². The Morgan fingerprint density at radius 2 is 2.06 bits per heavy atom. The molecular formula is C20H19N7O5S2. The van der Waals surface area contributed by atoms with Crippen LogP contribution in [0.4, 0.5) is 11.6 Å². The normalized spacial score (nSPS) is 15.4. The van der Waals surface area contributed by atoms with Crippen LogP contribution in [0.3, 0.4) is 0 Å². The fraction of sp³-hybridized carbons (Fsp3) is 0.250. The molecule has 0 radical (unpaired) electrons. The lowest BCUT2D eigenvalue weighted by molar-refractivity contribution is -0.116. The molecule has 0 bridgehead atoms. The van der Waals surface area contributed by atoms with Crippen LogP contribution in [0.1, 0.15) is 23.7 Å². The number of fused-ring (bicyclic) bond motifs is 2. The molecule has 4 aromatic rings. The quantitative estimate of drug-likeness (QED) is 0.336. The molecule has 3 N–H and O–H groups in total. The van der Waals surface area contributed by atoms with E-state index in [4.69, 9.17) is 4.52 Å². The van der Waals surface area contributed by atoms with E-state index < -0.39 is 10.0 Å². The Hall–Kier alpha value is -3.65. The summed E-state index contributed by atoms with van der Waals surface area (Å²) in [5, 5.41) is 13.9. The second-order valence-electron chi connectivity index (χ2n) is 7.77. The molecule has 1 unspecified atom stereocenters.